The molecule has 6 heteroatoms. The van der Waals surface area contributed by atoms with Crippen molar-refractivity contribution >= 4 is 15.7 Å². The molecule has 0 spiro atoms. The SMILES string of the molecule is CNCc1ccc(S(=O)(=O)Nc2ccc(C)cc2)nc1. The Hall–Kier alpha value is -1.92. The lowest BCUT2D eigenvalue weighted by Gasteiger charge is -2.08. The summed E-state index contributed by atoms with van der Waals surface area (Å²) in [5.41, 5.74) is 2.53. The fourth-order valence-corrected chi connectivity index (χ4v) is 2.70. The largest absolute Gasteiger partial charge is 0.316 e. The smallest absolute Gasteiger partial charge is 0.279 e. The first-order valence-corrected chi connectivity index (χ1v) is 7.68. The van der Waals surface area contributed by atoms with Crippen molar-refractivity contribution in [1.82, 2.24) is 10.3 Å². The van der Waals surface area contributed by atoms with E-state index in [1.54, 1.807) is 24.4 Å². The van der Waals surface area contributed by atoms with E-state index >= 15 is 0 Å². The first-order valence-electron chi connectivity index (χ1n) is 6.20. The van der Waals surface area contributed by atoms with Gasteiger partial charge in [-0.2, -0.15) is 8.42 Å². The molecule has 0 amide bonds. The second-order valence-electron chi connectivity index (χ2n) is 4.51. The van der Waals surface area contributed by atoms with E-state index in [0.717, 1.165) is 11.1 Å². The van der Waals surface area contributed by atoms with Crippen molar-refractivity contribution in [3.63, 3.8) is 0 Å². The third kappa shape index (κ3) is 3.55. The second kappa shape index (κ2) is 6.02. The summed E-state index contributed by atoms with van der Waals surface area (Å²) >= 11 is 0. The highest BCUT2D eigenvalue weighted by atomic mass is 32.2. The van der Waals surface area contributed by atoms with Crippen LogP contribution in [0.5, 0.6) is 0 Å². The molecule has 0 saturated carbocycles. The van der Waals surface area contributed by atoms with Crippen molar-refractivity contribution in [3.05, 3.63) is 53.7 Å². The Morgan fingerprint density at radius 1 is 1.10 bits per heavy atom. The summed E-state index contributed by atoms with van der Waals surface area (Å²) in [4.78, 5) is 3.99. The van der Waals surface area contributed by atoms with Gasteiger partial charge in [0.05, 0.1) is 0 Å². The van der Waals surface area contributed by atoms with Crippen LogP contribution in [-0.2, 0) is 16.6 Å². The van der Waals surface area contributed by atoms with Crippen LogP contribution < -0.4 is 10.0 Å². The van der Waals surface area contributed by atoms with Gasteiger partial charge in [-0.05, 0) is 37.7 Å². The van der Waals surface area contributed by atoms with E-state index in [-0.39, 0.29) is 5.03 Å². The Balaban J connectivity index is 2.19. The molecule has 2 N–H and O–H groups in total. The molecule has 0 aliphatic heterocycles. The highest BCUT2D eigenvalue weighted by Gasteiger charge is 2.15. The van der Waals surface area contributed by atoms with Crippen LogP contribution in [0.25, 0.3) is 0 Å². The molecule has 1 aromatic carbocycles. The molecule has 0 bridgehead atoms. The van der Waals surface area contributed by atoms with Gasteiger partial charge < -0.3 is 5.32 Å². The van der Waals surface area contributed by atoms with E-state index in [0.29, 0.717) is 12.2 Å². The average molecular weight is 291 g/mol. The minimum absolute atomic E-state index is 0.0120. The van der Waals surface area contributed by atoms with Crippen LogP contribution in [0.2, 0.25) is 0 Å². The molecule has 0 atom stereocenters. The van der Waals surface area contributed by atoms with Crippen LogP contribution in [0.15, 0.2) is 47.6 Å². The number of aromatic nitrogens is 1. The first kappa shape index (κ1) is 14.5. The number of benzene rings is 1. The van der Waals surface area contributed by atoms with Crippen LogP contribution in [0, 0.1) is 6.92 Å². The zero-order chi connectivity index (χ0) is 14.6. The summed E-state index contributed by atoms with van der Waals surface area (Å²) in [6.45, 7) is 2.60. The zero-order valence-corrected chi connectivity index (χ0v) is 12.2. The van der Waals surface area contributed by atoms with Gasteiger partial charge in [-0.15, -0.1) is 0 Å². The van der Waals surface area contributed by atoms with Gasteiger partial charge in [0.1, 0.15) is 0 Å². The highest BCUT2D eigenvalue weighted by Crippen LogP contribution is 2.15. The average Bonchev–Trinajstić information content (AvgIpc) is 2.42. The van der Waals surface area contributed by atoms with Gasteiger partial charge in [-0.1, -0.05) is 23.8 Å². The Bertz CT molecular complexity index is 665. The van der Waals surface area contributed by atoms with Crippen molar-refractivity contribution < 1.29 is 8.42 Å². The Morgan fingerprint density at radius 3 is 2.35 bits per heavy atom. The molecule has 0 saturated heterocycles. The molecular weight excluding hydrogens is 274 g/mol. The summed E-state index contributed by atoms with van der Waals surface area (Å²) in [5, 5.41) is 2.99. The monoisotopic (exact) mass is 291 g/mol. The molecule has 106 valence electrons. The molecular formula is C14H17N3O2S. The molecule has 1 heterocycles. The van der Waals surface area contributed by atoms with Gasteiger partial charge in [-0.3, -0.25) is 4.72 Å². The summed E-state index contributed by atoms with van der Waals surface area (Å²) < 4.78 is 26.8. The Labute approximate surface area is 119 Å². The number of sulfonamides is 1. The van der Waals surface area contributed by atoms with Crippen LogP contribution in [0.4, 0.5) is 5.69 Å². The minimum Gasteiger partial charge on any atom is -0.316 e. The fraction of sp³-hybridized carbons (Fsp3) is 0.214. The van der Waals surface area contributed by atoms with Crippen LogP contribution >= 0.6 is 0 Å². The lowest BCUT2D eigenvalue weighted by atomic mass is 10.2. The fourth-order valence-electron chi connectivity index (χ4n) is 1.71. The van der Waals surface area contributed by atoms with Crippen LogP contribution in [0.3, 0.4) is 0 Å². The maximum atomic E-state index is 12.2. The van der Waals surface area contributed by atoms with E-state index in [9.17, 15) is 8.42 Å². The normalized spacial score (nSPS) is 11.3. The van der Waals surface area contributed by atoms with Crippen molar-refractivity contribution in [2.24, 2.45) is 0 Å². The number of aryl methyl sites for hydroxylation is 1. The number of hydrogen-bond acceptors (Lipinski definition) is 4. The van der Waals surface area contributed by atoms with E-state index in [1.165, 1.54) is 6.07 Å². The van der Waals surface area contributed by atoms with Crippen molar-refractivity contribution in [2.45, 2.75) is 18.5 Å². The predicted molar refractivity (Wildman–Crippen MR) is 79.0 cm³/mol. The minimum atomic E-state index is -3.64. The van der Waals surface area contributed by atoms with Gasteiger partial charge in [0.15, 0.2) is 5.03 Å². The van der Waals surface area contributed by atoms with Crippen molar-refractivity contribution in [2.75, 3.05) is 11.8 Å². The zero-order valence-electron chi connectivity index (χ0n) is 11.4. The van der Waals surface area contributed by atoms with E-state index < -0.39 is 10.0 Å². The Kier molecular flexibility index (Phi) is 4.36. The molecule has 2 rings (SSSR count). The van der Waals surface area contributed by atoms with E-state index in [1.807, 2.05) is 26.1 Å². The molecule has 0 aliphatic rings. The molecule has 0 radical (unpaired) electrons. The lowest BCUT2D eigenvalue weighted by molar-refractivity contribution is 0.597. The van der Waals surface area contributed by atoms with Gasteiger partial charge in [-0.25, -0.2) is 4.98 Å². The van der Waals surface area contributed by atoms with Gasteiger partial charge in [0.2, 0.25) is 0 Å². The second-order valence-corrected chi connectivity index (χ2v) is 6.14. The summed E-state index contributed by atoms with van der Waals surface area (Å²) in [5.74, 6) is 0. The third-order valence-corrected chi connectivity index (χ3v) is 4.05. The number of rotatable bonds is 5. The van der Waals surface area contributed by atoms with Crippen LogP contribution in [0.1, 0.15) is 11.1 Å². The number of pyridine rings is 1. The quantitative estimate of drug-likeness (QED) is 0.883. The van der Waals surface area contributed by atoms with Gasteiger partial charge in [0, 0.05) is 18.4 Å². The molecule has 0 unspecified atom stereocenters. The van der Waals surface area contributed by atoms with Gasteiger partial charge >= 0.3 is 0 Å². The summed E-state index contributed by atoms with van der Waals surface area (Å²) in [6.07, 6.45) is 1.56. The maximum absolute atomic E-state index is 12.2. The van der Waals surface area contributed by atoms with Crippen molar-refractivity contribution in [1.29, 1.82) is 0 Å². The maximum Gasteiger partial charge on any atom is 0.279 e. The molecule has 1 aromatic heterocycles. The molecule has 0 fully saturated rings. The predicted octanol–water partition coefficient (Wildman–Crippen LogP) is 1.91. The number of nitrogens with zero attached hydrogens (tertiary/aromatic N) is 1. The topological polar surface area (TPSA) is 71.1 Å². The lowest BCUT2D eigenvalue weighted by Crippen LogP contribution is -2.15. The van der Waals surface area contributed by atoms with Gasteiger partial charge in [0.25, 0.3) is 10.0 Å². The molecule has 5 nitrogen and oxygen atoms in total. The number of anilines is 1. The first-order chi connectivity index (χ1) is 9.51. The highest BCUT2D eigenvalue weighted by molar-refractivity contribution is 7.92. The van der Waals surface area contributed by atoms with Crippen molar-refractivity contribution in [3.8, 4) is 0 Å². The van der Waals surface area contributed by atoms with Crippen LogP contribution in [-0.4, -0.2) is 20.4 Å². The Morgan fingerprint density at radius 2 is 1.80 bits per heavy atom. The molecule has 20 heavy (non-hydrogen) atoms. The standard InChI is InChI=1S/C14H17N3O2S/c1-11-3-6-13(7-4-11)17-20(18,19)14-8-5-12(9-15-2)10-16-14/h3-8,10,15,17H,9H2,1-2H3. The molecule has 0 aliphatic carbocycles. The third-order valence-electron chi connectivity index (χ3n) is 2.76. The summed E-state index contributed by atoms with van der Waals surface area (Å²) in [6, 6.07) is 10.4. The summed E-state index contributed by atoms with van der Waals surface area (Å²) in [7, 11) is -1.82. The molecule has 2 aromatic rings. The number of nitrogens with one attached hydrogen (secondary N) is 2. The van der Waals surface area contributed by atoms with E-state index in [2.05, 4.69) is 15.0 Å². The van der Waals surface area contributed by atoms with E-state index in [4.69, 9.17) is 0 Å². The number of hydrogen-bond donors (Lipinski definition) is 2.